The molecule has 0 aliphatic carbocycles. The fraction of sp³-hybridized carbons (Fsp3) is 0.455. The van der Waals surface area contributed by atoms with Crippen LogP contribution in [0.3, 0.4) is 0 Å². The molecule has 18 heavy (non-hydrogen) atoms. The third-order valence-corrected chi connectivity index (χ3v) is 3.21. The highest BCUT2D eigenvalue weighted by Crippen LogP contribution is 2.16. The van der Waals surface area contributed by atoms with Gasteiger partial charge in [-0.2, -0.15) is 0 Å². The Labute approximate surface area is 109 Å². The summed E-state index contributed by atoms with van der Waals surface area (Å²) >= 11 is 0. The quantitative estimate of drug-likeness (QED) is 0.690. The molecule has 7 heteroatoms. The largest absolute Gasteiger partial charge is 0.397 e. The Morgan fingerprint density at radius 3 is 2.83 bits per heavy atom. The number of pyridine rings is 1. The van der Waals surface area contributed by atoms with Gasteiger partial charge in [-0.25, -0.2) is 4.98 Å². The van der Waals surface area contributed by atoms with Crippen molar-refractivity contribution in [2.75, 3.05) is 23.1 Å². The monoisotopic (exact) mass is 270 g/mol. The predicted octanol–water partition coefficient (Wildman–Crippen LogP) is 0.332. The van der Waals surface area contributed by atoms with Crippen molar-refractivity contribution >= 4 is 28.2 Å². The lowest BCUT2D eigenvalue weighted by Gasteiger charge is -2.15. The van der Waals surface area contributed by atoms with Gasteiger partial charge in [0.15, 0.2) is 0 Å². The number of nitrogens with zero attached hydrogens (tertiary/aromatic N) is 1. The van der Waals surface area contributed by atoms with Crippen molar-refractivity contribution in [2.24, 2.45) is 5.73 Å². The lowest BCUT2D eigenvalue weighted by atomic mass is 10.2. The zero-order valence-corrected chi connectivity index (χ0v) is 11.3. The minimum absolute atomic E-state index is 0.0446. The van der Waals surface area contributed by atoms with Gasteiger partial charge in [0, 0.05) is 28.9 Å². The van der Waals surface area contributed by atoms with Gasteiger partial charge in [0.05, 0.1) is 17.4 Å². The average Bonchev–Trinajstić information content (AvgIpc) is 2.28. The van der Waals surface area contributed by atoms with E-state index in [9.17, 15) is 9.00 Å². The lowest BCUT2D eigenvalue weighted by Crippen LogP contribution is -2.22. The summed E-state index contributed by atoms with van der Waals surface area (Å²) in [5.74, 6) is 0.421. The molecule has 5 N–H and O–H groups in total. The van der Waals surface area contributed by atoms with Crippen molar-refractivity contribution < 1.29 is 9.00 Å². The number of nitrogen functional groups attached to an aromatic ring is 1. The Morgan fingerprint density at radius 2 is 2.28 bits per heavy atom. The molecule has 0 bridgehead atoms. The Bertz CT molecular complexity index is 464. The van der Waals surface area contributed by atoms with Crippen LogP contribution in [0.25, 0.3) is 0 Å². The standard InChI is InChI=1S/C11H18N4O2S/c1-7(3-4-18(2)17)15-11-9(10(13)16)5-8(12)6-14-11/h5-7H,3-4,12H2,1-2H3,(H2,13,16)(H,14,15). The van der Waals surface area contributed by atoms with Gasteiger partial charge >= 0.3 is 0 Å². The maximum absolute atomic E-state index is 11.3. The first-order valence-electron chi connectivity index (χ1n) is 5.52. The van der Waals surface area contributed by atoms with Gasteiger partial charge in [-0.05, 0) is 19.4 Å². The summed E-state index contributed by atoms with van der Waals surface area (Å²) in [6, 6.07) is 1.53. The summed E-state index contributed by atoms with van der Waals surface area (Å²) in [7, 11) is -0.834. The molecule has 0 saturated heterocycles. The molecule has 6 nitrogen and oxygen atoms in total. The summed E-state index contributed by atoms with van der Waals surface area (Å²) in [5.41, 5.74) is 11.5. The molecule has 0 fully saturated rings. The molecule has 0 spiro atoms. The van der Waals surface area contributed by atoms with Gasteiger partial charge in [-0.15, -0.1) is 0 Å². The Morgan fingerprint density at radius 1 is 1.61 bits per heavy atom. The molecule has 1 aromatic heterocycles. The number of nitrogens with one attached hydrogen (secondary N) is 1. The second-order valence-electron chi connectivity index (χ2n) is 4.14. The minimum Gasteiger partial charge on any atom is -0.397 e. The highest BCUT2D eigenvalue weighted by molar-refractivity contribution is 7.84. The predicted molar refractivity (Wildman–Crippen MR) is 73.8 cm³/mol. The van der Waals surface area contributed by atoms with Crippen LogP contribution in [0.4, 0.5) is 11.5 Å². The van der Waals surface area contributed by atoms with E-state index in [0.717, 1.165) is 0 Å². The fourth-order valence-corrected chi connectivity index (χ4v) is 2.12. The molecule has 2 atom stereocenters. The molecule has 1 heterocycles. The molecule has 0 radical (unpaired) electrons. The first-order chi connectivity index (χ1) is 8.40. The Kier molecular flexibility index (Phi) is 5.08. The number of aromatic nitrogens is 1. The molecule has 2 unspecified atom stereocenters. The van der Waals surface area contributed by atoms with Crippen molar-refractivity contribution in [3.8, 4) is 0 Å². The van der Waals surface area contributed by atoms with E-state index in [1.54, 1.807) is 6.26 Å². The molecule has 100 valence electrons. The van der Waals surface area contributed by atoms with Crippen LogP contribution >= 0.6 is 0 Å². The fourth-order valence-electron chi connectivity index (χ4n) is 1.43. The van der Waals surface area contributed by atoms with Crippen LogP contribution in [0.1, 0.15) is 23.7 Å². The van der Waals surface area contributed by atoms with Crippen molar-refractivity contribution in [3.63, 3.8) is 0 Å². The summed E-state index contributed by atoms with van der Waals surface area (Å²) in [6.45, 7) is 1.93. The van der Waals surface area contributed by atoms with Crippen LogP contribution in [0.5, 0.6) is 0 Å². The summed E-state index contributed by atoms with van der Waals surface area (Å²) < 4.78 is 11.0. The average molecular weight is 270 g/mol. The maximum Gasteiger partial charge on any atom is 0.252 e. The highest BCUT2D eigenvalue weighted by atomic mass is 32.2. The number of nitrogens with two attached hydrogens (primary N) is 2. The zero-order chi connectivity index (χ0) is 13.7. The van der Waals surface area contributed by atoms with Gasteiger partial charge in [0.1, 0.15) is 5.82 Å². The van der Waals surface area contributed by atoms with Crippen molar-refractivity contribution in [1.82, 2.24) is 4.98 Å². The molecule has 0 aliphatic heterocycles. The summed E-state index contributed by atoms with van der Waals surface area (Å²) in [6.07, 6.45) is 3.83. The number of hydrogen-bond acceptors (Lipinski definition) is 5. The Hall–Kier alpha value is -1.63. The first-order valence-corrected chi connectivity index (χ1v) is 7.24. The molecule has 1 rings (SSSR count). The highest BCUT2D eigenvalue weighted by Gasteiger charge is 2.12. The first kappa shape index (κ1) is 14.4. The van der Waals surface area contributed by atoms with E-state index in [1.807, 2.05) is 6.92 Å². The van der Waals surface area contributed by atoms with E-state index in [2.05, 4.69) is 10.3 Å². The third-order valence-electron chi connectivity index (χ3n) is 2.40. The number of amides is 1. The van der Waals surface area contributed by atoms with Crippen molar-refractivity contribution in [3.05, 3.63) is 17.8 Å². The van der Waals surface area contributed by atoms with Crippen LogP contribution in [-0.4, -0.2) is 33.2 Å². The van der Waals surface area contributed by atoms with Gasteiger partial charge in [-0.1, -0.05) is 0 Å². The molecular formula is C11H18N4O2S. The number of rotatable bonds is 6. The maximum atomic E-state index is 11.3. The number of carbonyl (C=O) groups is 1. The normalized spacial score (nSPS) is 13.9. The second kappa shape index (κ2) is 6.34. The van der Waals surface area contributed by atoms with Gasteiger partial charge in [-0.3, -0.25) is 9.00 Å². The van der Waals surface area contributed by atoms with Crippen molar-refractivity contribution in [2.45, 2.75) is 19.4 Å². The summed E-state index contributed by atoms with van der Waals surface area (Å²) in [5, 5.41) is 3.07. The van der Waals surface area contributed by atoms with Crippen LogP contribution in [0.2, 0.25) is 0 Å². The molecule has 0 saturated carbocycles. The number of anilines is 2. The van der Waals surface area contributed by atoms with E-state index < -0.39 is 16.7 Å². The van der Waals surface area contributed by atoms with Crippen LogP contribution in [-0.2, 0) is 10.8 Å². The number of primary amides is 1. The minimum atomic E-state index is -0.834. The lowest BCUT2D eigenvalue weighted by molar-refractivity contribution is 0.100. The SMILES string of the molecule is CC(CCS(C)=O)Nc1ncc(N)cc1C(N)=O. The van der Waals surface area contributed by atoms with Gasteiger partial charge in [0.25, 0.3) is 5.91 Å². The van der Waals surface area contributed by atoms with E-state index in [1.165, 1.54) is 12.3 Å². The smallest absolute Gasteiger partial charge is 0.252 e. The zero-order valence-electron chi connectivity index (χ0n) is 10.5. The van der Waals surface area contributed by atoms with Crippen molar-refractivity contribution in [1.29, 1.82) is 0 Å². The van der Waals surface area contributed by atoms with Crippen LogP contribution < -0.4 is 16.8 Å². The van der Waals surface area contributed by atoms with Gasteiger partial charge in [0.2, 0.25) is 0 Å². The molecule has 0 aliphatic rings. The van der Waals surface area contributed by atoms with Crippen LogP contribution in [0.15, 0.2) is 12.3 Å². The Balaban J connectivity index is 2.77. The van der Waals surface area contributed by atoms with E-state index in [4.69, 9.17) is 11.5 Å². The summed E-state index contributed by atoms with van der Waals surface area (Å²) in [4.78, 5) is 15.3. The second-order valence-corrected chi connectivity index (χ2v) is 5.70. The number of hydrogen-bond donors (Lipinski definition) is 3. The topological polar surface area (TPSA) is 111 Å². The van der Waals surface area contributed by atoms with E-state index in [-0.39, 0.29) is 11.6 Å². The number of carbonyl (C=O) groups excluding carboxylic acids is 1. The molecular weight excluding hydrogens is 252 g/mol. The van der Waals surface area contributed by atoms with Crippen LogP contribution in [0, 0.1) is 0 Å². The molecule has 1 aromatic rings. The van der Waals surface area contributed by atoms with E-state index in [0.29, 0.717) is 23.7 Å². The van der Waals surface area contributed by atoms with Gasteiger partial charge < -0.3 is 16.8 Å². The molecule has 0 aromatic carbocycles. The third kappa shape index (κ3) is 4.33. The van der Waals surface area contributed by atoms with E-state index >= 15 is 0 Å². The molecule has 1 amide bonds.